The molecule has 2 aliphatic rings. The average molecular weight is 398 g/mol. The zero-order chi connectivity index (χ0) is 20.7. The van der Waals surface area contributed by atoms with Crippen molar-refractivity contribution >= 4 is 5.97 Å². The van der Waals surface area contributed by atoms with Gasteiger partial charge in [-0.1, -0.05) is 55.0 Å². The average Bonchev–Trinajstić information content (AvgIpc) is 3.05. The Morgan fingerprint density at radius 3 is 2.17 bits per heavy atom. The molecule has 5 heteroatoms. The fourth-order valence-corrected chi connectivity index (χ4v) is 3.54. The number of carboxylic acids is 1. The van der Waals surface area contributed by atoms with Crippen LogP contribution in [0.4, 0.5) is 0 Å². The van der Waals surface area contributed by atoms with Crippen LogP contribution in [-0.4, -0.2) is 35.7 Å². The molecule has 1 N–H and O–H groups in total. The quantitative estimate of drug-likeness (QED) is 0.749. The number of carbonyl (C=O) groups is 1. The molecule has 1 saturated heterocycles. The Kier molecular flexibility index (Phi) is 7.42. The Morgan fingerprint density at radius 2 is 1.72 bits per heavy atom. The second-order valence-corrected chi connectivity index (χ2v) is 7.99. The van der Waals surface area contributed by atoms with E-state index in [1.807, 2.05) is 19.9 Å². The lowest BCUT2D eigenvalue weighted by Gasteiger charge is -2.36. The van der Waals surface area contributed by atoms with Gasteiger partial charge in [0.25, 0.3) is 0 Å². The minimum Gasteiger partial charge on any atom is -0.478 e. The lowest BCUT2D eigenvalue weighted by atomic mass is 9.79. The second-order valence-electron chi connectivity index (χ2n) is 7.99. The van der Waals surface area contributed by atoms with E-state index in [4.69, 9.17) is 19.3 Å². The molecule has 1 aliphatic heterocycles. The summed E-state index contributed by atoms with van der Waals surface area (Å²) >= 11 is 0. The summed E-state index contributed by atoms with van der Waals surface area (Å²) < 4.78 is 17.9. The van der Waals surface area contributed by atoms with E-state index in [1.54, 1.807) is 30.3 Å². The topological polar surface area (TPSA) is 65.0 Å². The van der Waals surface area contributed by atoms with Crippen molar-refractivity contribution in [2.24, 2.45) is 5.92 Å². The van der Waals surface area contributed by atoms with Gasteiger partial charge in [-0.25, -0.2) is 4.79 Å². The van der Waals surface area contributed by atoms with E-state index in [9.17, 15) is 4.79 Å². The summed E-state index contributed by atoms with van der Waals surface area (Å²) in [6, 6.07) is 18.6. The molecule has 1 saturated carbocycles. The van der Waals surface area contributed by atoms with Crippen LogP contribution in [0.3, 0.4) is 0 Å². The summed E-state index contributed by atoms with van der Waals surface area (Å²) in [5, 5.41) is 8.38. The molecule has 2 atom stereocenters. The highest BCUT2D eigenvalue weighted by Crippen LogP contribution is 2.37. The van der Waals surface area contributed by atoms with Crippen molar-refractivity contribution < 1.29 is 24.1 Å². The number of hydrogen-bond acceptors (Lipinski definition) is 4. The first-order chi connectivity index (χ1) is 13.9. The van der Waals surface area contributed by atoms with Gasteiger partial charge >= 0.3 is 5.97 Å². The molecule has 2 unspecified atom stereocenters. The summed E-state index contributed by atoms with van der Waals surface area (Å²) in [7, 11) is 0. The number of hydrogen-bond donors (Lipinski definition) is 1. The first-order valence-corrected chi connectivity index (χ1v) is 10.2. The molecule has 4 rings (SSSR count). The van der Waals surface area contributed by atoms with Gasteiger partial charge in [0, 0.05) is 0 Å². The third kappa shape index (κ3) is 6.39. The highest BCUT2D eigenvalue weighted by molar-refractivity contribution is 5.87. The minimum absolute atomic E-state index is 0.0685. The van der Waals surface area contributed by atoms with Crippen LogP contribution in [0.2, 0.25) is 0 Å². The fourth-order valence-electron chi connectivity index (χ4n) is 3.54. The minimum atomic E-state index is -0.879. The maximum absolute atomic E-state index is 10.2. The maximum atomic E-state index is 10.2. The predicted molar refractivity (Wildman–Crippen MR) is 111 cm³/mol. The van der Waals surface area contributed by atoms with E-state index in [2.05, 4.69) is 24.3 Å². The van der Waals surface area contributed by atoms with E-state index in [0.717, 1.165) is 0 Å². The van der Waals surface area contributed by atoms with Gasteiger partial charge in [0.15, 0.2) is 5.79 Å². The molecule has 0 radical (unpaired) electrons. The van der Waals surface area contributed by atoms with Crippen molar-refractivity contribution in [2.75, 3.05) is 6.61 Å². The van der Waals surface area contributed by atoms with Crippen LogP contribution in [-0.2, 0) is 20.8 Å². The Labute approximate surface area is 172 Å². The van der Waals surface area contributed by atoms with Crippen molar-refractivity contribution in [3.63, 3.8) is 0 Å². The number of rotatable bonds is 6. The molecule has 5 nitrogen and oxygen atoms in total. The zero-order valence-electron chi connectivity index (χ0n) is 17.1. The van der Waals surface area contributed by atoms with Crippen LogP contribution >= 0.6 is 0 Å². The number of carboxylic acid groups (broad SMARTS) is 1. The smallest absolute Gasteiger partial charge is 0.335 e. The molecule has 2 aromatic carbocycles. The Hall–Kier alpha value is -2.21. The van der Waals surface area contributed by atoms with E-state index < -0.39 is 11.8 Å². The standard InChI is InChI=1S/C17H24O3.C7H6O2/c1-17(2)19-12-15(20-17)16(14-9-6-10-14)18-11-13-7-4-3-5-8-13;8-7(9)6-4-2-1-3-5-6/h3-5,7-8,14-16H,6,9-12H2,1-2H3;1-5H,(H,8,9). The normalized spacial score (nSPS) is 21.5. The van der Waals surface area contributed by atoms with Crippen LogP contribution < -0.4 is 0 Å². The van der Waals surface area contributed by atoms with Crippen molar-refractivity contribution in [1.29, 1.82) is 0 Å². The molecule has 2 fully saturated rings. The number of ether oxygens (including phenoxy) is 3. The van der Waals surface area contributed by atoms with Gasteiger partial charge in [0.05, 0.1) is 24.9 Å². The third-order valence-corrected chi connectivity index (χ3v) is 5.32. The van der Waals surface area contributed by atoms with Gasteiger partial charge in [0.2, 0.25) is 0 Å². The predicted octanol–water partition coefficient (Wildman–Crippen LogP) is 4.91. The lowest BCUT2D eigenvalue weighted by Crippen LogP contribution is -2.41. The molecular weight excluding hydrogens is 368 g/mol. The second kappa shape index (κ2) is 10.0. The first kappa shape index (κ1) is 21.5. The van der Waals surface area contributed by atoms with Crippen molar-refractivity contribution in [3.05, 3.63) is 71.8 Å². The van der Waals surface area contributed by atoms with E-state index in [0.29, 0.717) is 24.7 Å². The van der Waals surface area contributed by atoms with Crippen LogP contribution in [0.25, 0.3) is 0 Å². The van der Waals surface area contributed by atoms with Crippen molar-refractivity contribution in [3.8, 4) is 0 Å². The van der Waals surface area contributed by atoms with Gasteiger partial charge in [-0.3, -0.25) is 0 Å². The molecule has 0 amide bonds. The van der Waals surface area contributed by atoms with Crippen LogP contribution in [0.15, 0.2) is 60.7 Å². The molecule has 1 heterocycles. The van der Waals surface area contributed by atoms with Crippen LogP contribution in [0.1, 0.15) is 49.0 Å². The summed E-state index contributed by atoms with van der Waals surface area (Å²) in [5.74, 6) is -0.722. The number of aromatic carboxylic acids is 1. The van der Waals surface area contributed by atoms with E-state index >= 15 is 0 Å². The first-order valence-electron chi connectivity index (χ1n) is 10.2. The molecule has 156 valence electrons. The highest BCUT2D eigenvalue weighted by Gasteiger charge is 2.42. The summed E-state index contributed by atoms with van der Waals surface area (Å²) in [6.07, 6.45) is 4.04. The van der Waals surface area contributed by atoms with Gasteiger partial charge in [-0.15, -0.1) is 0 Å². The monoisotopic (exact) mass is 398 g/mol. The Morgan fingerprint density at radius 1 is 1.10 bits per heavy atom. The van der Waals surface area contributed by atoms with Crippen LogP contribution in [0, 0.1) is 5.92 Å². The molecule has 29 heavy (non-hydrogen) atoms. The molecular formula is C24H30O5. The van der Waals surface area contributed by atoms with Gasteiger partial charge < -0.3 is 19.3 Å². The Balaban J connectivity index is 0.000000224. The van der Waals surface area contributed by atoms with Gasteiger partial charge in [0.1, 0.15) is 6.10 Å². The largest absolute Gasteiger partial charge is 0.478 e. The fraction of sp³-hybridized carbons (Fsp3) is 0.458. The SMILES string of the molecule is CC1(C)OCC(C(OCc2ccccc2)C2CCC2)O1.O=C(O)c1ccccc1. The molecule has 1 aliphatic carbocycles. The van der Waals surface area contributed by atoms with E-state index in [1.165, 1.54) is 24.8 Å². The van der Waals surface area contributed by atoms with Gasteiger partial charge in [-0.2, -0.15) is 0 Å². The van der Waals surface area contributed by atoms with Crippen LogP contribution in [0.5, 0.6) is 0 Å². The van der Waals surface area contributed by atoms with Crippen molar-refractivity contribution in [1.82, 2.24) is 0 Å². The van der Waals surface area contributed by atoms with E-state index in [-0.39, 0.29) is 12.2 Å². The number of benzene rings is 2. The summed E-state index contributed by atoms with van der Waals surface area (Å²) in [5.41, 5.74) is 1.55. The third-order valence-electron chi connectivity index (χ3n) is 5.32. The summed E-state index contributed by atoms with van der Waals surface area (Å²) in [4.78, 5) is 10.2. The molecule has 0 aromatic heterocycles. The maximum Gasteiger partial charge on any atom is 0.335 e. The molecule has 2 aromatic rings. The lowest BCUT2D eigenvalue weighted by molar-refractivity contribution is -0.168. The zero-order valence-corrected chi connectivity index (χ0v) is 17.1. The Bertz CT molecular complexity index is 755. The molecule has 0 bridgehead atoms. The summed E-state index contributed by atoms with van der Waals surface area (Å²) in [6.45, 7) is 5.25. The highest BCUT2D eigenvalue weighted by atomic mass is 16.7. The van der Waals surface area contributed by atoms with Gasteiger partial charge in [-0.05, 0) is 50.3 Å². The molecule has 0 spiro atoms. The van der Waals surface area contributed by atoms with Crippen molar-refractivity contribution in [2.45, 2.75) is 57.7 Å².